The zero-order valence-electron chi connectivity index (χ0n) is 11.8. The molecule has 2 heterocycles. The van der Waals surface area contributed by atoms with Crippen LogP contribution in [0.2, 0.25) is 0 Å². The summed E-state index contributed by atoms with van der Waals surface area (Å²) in [5.41, 5.74) is 1.36. The van der Waals surface area contributed by atoms with E-state index in [0.29, 0.717) is 24.6 Å². The normalized spacial score (nSPS) is 23.9. The van der Waals surface area contributed by atoms with E-state index >= 15 is 0 Å². The molecule has 2 fully saturated rings. The second-order valence-electron chi connectivity index (χ2n) is 5.73. The van der Waals surface area contributed by atoms with Crippen LogP contribution in [0.4, 0.5) is 0 Å². The van der Waals surface area contributed by atoms with Crippen molar-refractivity contribution in [3.8, 4) is 0 Å². The summed E-state index contributed by atoms with van der Waals surface area (Å²) in [6.45, 7) is 3.95. The average Bonchev–Trinajstić information content (AvgIpc) is 3.09. The van der Waals surface area contributed by atoms with E-state index in [1.807, 2.05) is 0 Å². The number of hydrogen-bond acceptors (Lipinski definition) is 4. The van der Waals surface area contributed by atoms with Gasteiger partial charge in [-0.25, -0.2) is 8.42 Å². The second-order valence-corrected chi connectivity index (χ2v) is 7.96. The van der Waals surface area contributed by atoms with Crippen molar-refractivity contribution in [3.63, 3.8) is 0 Å². The number of carbonyl (C=O) groups excluding carboxylic acids is 1. The van der Waals surface area contributed by atoms with E-state index < -0.39 is 9.84 Å². The monoisotopic (exact) mass is 309 g/mol. The molecule has 1 aromatic rings. The smallest absolute Gasteiger partial charge is 0.272 e. The maximum Gasteiger partial charge on any atom is 0.272 e. The quantitative estimate of drug-likeness (QED) is 0.824. The SMILES string of the molecule is C=CCNC(=O)c1cc(C2CC2)n(C2CCS(=O)(=O)C2)n1. The van der Waals surface area contributed by atoms with Gasteiger partial charge in [-0.05, 0) is 25.3 Å². The molecular weight excluding hydrogens is 290 g/mol. The molecule has 3 rings (SSSR count). The number of nitrogens with zero attached hydrogens (tertiary/aromatic N) is 2. The molecule has 1 aromatic heterocycles. The molecule has 2 aliphatic rings. The number of rotatable bonds is 5. The fourth-order valence-electron chi connectivity index (χ4n) is 2.72. The van der Waals surface area contributed by atoms with E-state index in [1.165, 1.54) is 0 Å². The first-order chi connectivity index (χ1) is 10.00. The molecule has 1 unspecified atom stereocenters. The molecule has 1 atom stereocenters. The van der Waals surface area contributed by atoms with Crippen molar-refractivity contribution >= 4 is 15.7 Å². The van der Waals surface area contributed by atoms with Gasteiger partial charge in [0.2, 0.25) is 0 Å². The molecule has 7 heteroatoms. The van der Waals surface area contributed by atoms with Crippen molar-refractivity contribution in [2.24, 2.45) is 0 Å². The summed E-state index contributed by atoms with van der Waals surface area (Å²) in [6.07, 6.45) is 4.36. The third-order valence-electron chi connectivity index (χ3n) is 3.95. The molecular formula is C14H19N3O3S. The average molecular weight is 309 g/mol. The van der Waals surface area contributed by atoms with Gasteiger partial charge in [0.1, 0.15) is 5.69 Å². The number of hydrogen-bond donors (Lipinski definition) is 1. The lowest BCUT2D eigenvalue weighted by Gasteiger charge is -2.12. The Morgan fingerprint density at radius 2 is 2.24 bits per heavy atom. The zero-order valence-corrected chi connectivity index (χ0v) is 12.6. The lowest BCUT2D eigenvalue weighted by molar-refractivity contribution is 0.0952. The highest BCUT2D eigenvalue weighted by Gasteiger charge is 2.35. The van der Waals surface area contributed by atoms with Crippen LogP contribution in [0.1, 0.15) is 47.4 Å². The highest BCUT2D eigenvalue weighted by atomic mass is 32.2. The van der Waals surface area contributed by atoms with Crippen molar-refractivity contribution < 1.29 is 13.2 Å². The van der Waals surface area contributed by atoms with Crippen LogP contribution in [0, 0.1) is 0 Å². The molecule has 1 saturated carbocycles. The number of sulfone groups is 1. The fraction of sp³-hybridized carbons (Fsp3) is 0.571. The van der Waals surface area contributed by atoms with Crippen LogP contribution in [0.3, 0.4) is 0 Å². The number of amides is 1. The summed E-state index contributed by atoms with van der Waals surface area (Å²) >= 11 is 0. The van der Waals surface area contributed by atoms with Crippen LogP contribution in [0.15, 0.2) is 18.7 Å². The summed E-state index contributed by atoms with van der Waals surface area (Å²) < 4.78 is 25.1. The standard InChI is InChI=1S/C14H19N3O3S/c1-2-6-15-14(18)12-8-13(10-3-4-10)17(16-12)11-5-7-21(19,20)9-11/h2,8,10-11H,1,3-7,9H2,(H,15,18). The van der Waals surface area contributed by atoms with Gasteiger partial charge in [-0.1, -0.05) is 6.08 Å². The van der Waals surface area contributed by atoms with Crippen molar-refractivity contribution in [2.45, 2.75) is 31.2 Å². The number of nitrogens with one attached hydrogen (secondary N) is 1. The summed E-state index contributed by atoms with van der Waals surface area (Å²) in [5.74, 6) is 0.514. The molecule has 1 aliphatic heterocycles. The zero-order chi connectivity index (χ0) is 15.0. The molecule has 0 spiro atoms. The maximum atomic E-state index is 12.0. The minimum absolute atomic E-state index is 0.127. The molecule has 0 bridgehead atoms. The fourth-order valence-corrected chi connectivity index (χ4v) is 4.41. The molecule has 21 heavy (non-hydrogen) atoms. The topological polar surface area (TPSA) is 81.1 Å². The third-order valence-corrected chi connectivity index (χ3v) is 5.70. The van der Waals surface area contributed by atoms with Gasteiger partial charge in [0.15, 0.2) is 9.84 Å². The van der Waals surface area contributed by atoms with Crippen molar-refractivity contribution in [1.82, 2.24) is 15.1 Å². The highest BCUT2D eigenvalue weighted by Crippen LogP contribution is 2.42. The lowest BCUT2D eigenvalue weighted by Crippen LogP contribution is -2.24. The Labute approximate surface area is 124 Å². The van der Waals surface area contributed by atoms with E-state index in [-0.39, 0.29) is 23.5 Å². The minimum Gasteiger partial charge on any atom is -0.347 e. The van der Waals surface area contributed by atoms with E-state index in [2.05, 4.69) is 17.0 Å². The first-order valence-corrected chi connectivity index (χ1v) is 9.01. The Morgan fingerprint density at radius 3 is 2.81 bits per heavy atom. The Hall–Kier alpha value is -1.63. The first-order valence-electron chi connectivity index (χ1n) is 7.19. The molecule has 114 valence electrons. The Balaban J connectivity index is 1.87. The number of carbonyl (C=O) groups is 1. The third kappa shape index (κ3) is 3.02. The van der Waals surface area contributed by atoms with Crippen LogP contribution in [0.5, 0.6) is 0 Å². The maximum absolute atomic E-state index is 12.0. The van der Waals surface area contributed by atoms with Crippen molar-refractivity contribution in [3.05, 3.63) is 30.1 Å². The predicted octanol–water partition coefficient (Wildman–Crippen LogP) is 1.04. The molecule has 1 saturated heterocycles. The largest absolute Gasteiger partial charge is 0.347 e. The van der Waals surface area contributed by atoms with Crippen LogP contribution >= 0.6 is 0 Å². The Morgan fingerprint density at radius 1 is 1.48 bits per heavy atom. The van der Waals surface area contributed by atoms with Gasteiger partial charge in [0.05, 0.1) is 17.5 Å². The van der Waals surface area contributed by atoms with E-state index in [4.69, 9.17) is 0 Å². The van der Waals surface area contributed by atoms with E-state index in [9.17, 15) is 13.2 Å². The van der Waals surface area contributed by atoms with Crippen LogP contribution < -0.4 is 5.32 Å². The lowest BCUT2D eigenvalue weighted by atomic mass is 10.2. The summed E-state index contributed by atoms with van der Waals surface area (Å²) in [7, 11) is -2.97. The highest BCUT2D eigenvalue weighted by molar-refractivity contribution is 7.91. The van der Waals surface area contributed by atoms with Gasteiger partial charge >= 0.3 is 0 Å². The molecule has 1 amide bonds. The Bertz CT molecular complexity index is 674. The predicted molar refractivity (Wildman–Crippen MR) is 79.0 cm³/mol. The molecule has 0 radical (unpaired) electrons. The van der Waals surface area contributed by atoms with Gasteiger partial charge in [-0.2, -0.15) is 5.10 Å². The summed E-state index contributed by atoms with van der Waals surface area (Å²) in [6, 6.07) is 1.67. The van der Waals surface area contributed by atoms with Crippen LogP contribution in [-0.4, -0.2) is 42.2 Å². The van der Waals surface area contributed by atoms with Gasteiger partial charge < -0.3 is 5.32 Å². The van der Waals surface area contributed by atoms with E-state index in [1.54, 1.807) is 16.8 Å². The van der Waals surface area contributed by atoms with E-state index in [0.717, 1.165) is 18.5 Å². The second kappa shape index (κ2) is 5.29. The van der Waals surface area contributed by atoms with Crippen LogP contribution in [0.25, 0.3) is 0 Å². The summed E-state index contributed by atoms with van der Waals surface area (Å²) in [5, 5.41) is 7.08. The molecule has 0 aromatic carbocycles. The van der Waals surface area contributed by atoms with Crippen LogP contribution in [-0.2, 0) is 9.84 Å². The van der Waals surface area contributed by atoms with Crippen molar-refractivity contribution in [1.29, 1.82) is 0 Å². The van der Waals surface area contributed by atoms with Gasteiger partial charge in [-0.3, -0.25) is 9.48 Å². The molecule has 1 N–H and O–H groups in total. The van der Waals surface area contributed by atoms with Gasteiger partial charge in [-0.15, -0.1) is 6.58 Å². The van der Waals surface area contributed by atoms with Crippen molar-refractivity contribution in [2.75, 3.05) is 18.1 Å². The van der Waals surface area contributed by atoms with Gasteiger partial charge in [0.25, 0.3) is 5.91 Å². The Kier molecular flexibility index (Phi) is 3.61. The van der Waals surface area contributed by atoms with Gasteiger partial charge in [0, 0.05) is 18.2 Å². The first kappa shape index (κ1) is 14.3. The number of aromatic nitrogens is 2. The summed E-state index contributed by atoms with van der Waals surface area (Å²) in [4.78, 5) is 12.0. The minimum atomic E-state index is -2.97. The molecule has 6 nitrogen and oxygen atoms in total. The molecule has 1 aliphatic carbocycles.